The summed E-state index contributed by atoms with van der Waals surface area (Å²) in [6.45, 7) is 4.36. The Labute approximate surface area is 95.4 Å². The van der Waals surface area contributed by atoms with Gasteiger partial charge >= 0.3 is 0 Å². The first-order valence-corrected chi connectivity index (χ1v) is 6.13. The van der Waals surface area contributed by atoms with Crippen LogP contribution in [0.5, 0.6) is 0 Å². The van der Waals surface area contributed by atoms with E-state index >= 15 is 0 Å². The molecule has 0 radical (unpaired) electrons. The summed E-state index contributed by atoms with van der Waals surface area (Å²) >= 11 is 0. The zero-order valence-corrected chi connectivity index (χ0v) is 9.66. The molecular formula is C12H18N2O2. The summed E-state index contributed by atoms with van der Waals surface area (Å²) < 4.78 is 11.2. The second-order valence-corrected chi connectivity index (χ2v) is 4.70. The SMILES string of the molecule is Cc1oc(C2COCCN2)nc1C1CCC1. The molecule has 3 rings (SSSR count). The fourth-order valence-corrected chi connectivity index (χ4v) is 2.36. The number of ether oxygens (including phenoxy) is 1. The molecular weight excluding hydrogens is 204 g/mol. The lowest BCUT2D eigenvalue weighted by Crippen LogP contribution is -2.34. The van der Waals surface area contributed by atoms with E-state index in [4.69, 9.17) is 9.15 Å². The first-order chi connectivity index (χ1) is 7.84. The van der Waals surface area contributed by atoms with Crippen molar-refractivity contribution in [3.8, 4) is 0 Å². The summed E-state index contributed by atoms with van der Waals surface area (Å²) in [6, 6.07) is 0.140. The average molecular weight is 222 g/mol. The summed E-state index contributed by atoms with van der Waals surface area (Å²) in [5, 5.41) is 3.37. The molecule has 16 heavy (non-hydrogen) atoms. The third-order valence-corrected chi connectivity index (χ3v) is 3.56. The van der Waals surface area contributed by atoms with E-state index < -0.39 is 0 Å². The van der Waals surface area contributed by atoms with Gasteiger partial charge in [0, 0.05) is 12.5 Å². The number of rotatable bonds is 2. The minimum Gasteiger partial charge on any atom is -0.444 e. The molecule has 4 nitrogen and oxygen atoms in total. The first-order valence-electron chi connectivity index (χ1n) is 6.13. The highest BCUT2D eigenvalue weighted by molar-refractivity contribution is 5.17. The van der Waals surface area contributed by atoms with E-state index in [1.54, 1.807) is 0 Å². The maximum Gasteiger partial charge on any atom is 0.214 e. The Morgan fingerprint density at radius 1 is 1.38 bits per heavy atom. The van der Waals surface area contributed by atoms with Gasteiger partial charge in [-0.05, 0) is 19.8 Å². The molecule has 1 aliphatic carbocycles. The van der Waals surface area contributed by atoms with Crippen molar-refractivity contribution in [1.82, 2.24) is 10.3 Å². The van der Waals surface area contributed by atoms with Gasteiger partial charge in [-0.2, -0.15) is 0 Å². The number of aryl methyl sites for hydroxylation is 1. The summed E-state index contributed by atoms with van der Waals surface area (Å²) in [4.78, 5) is 4.65. The van der Waals surface area contributed by atoms with Crippen molar-refractivity contribution < 1.29 is 9.15 Å². The number of hydrogen-bond acceptors (Lipinski definition) is 4. The van der Waals surface area contributed by atoms with Crippen LogP contribution >= 0.6 is 0 Å². The number of oxazole rings is 1. The first kappa shape index (κ1) is 10.3. The molecule has 1 N–H and O–H groups in total. The van der Waals surface area contributed by atoms with Crippen molar-refractivity contribution >= 4 is 0 Å². The largest absolute Gasteiger partial charge is 0.444 e. The van der Waals surface area contributed by atoms with Crippen molar-refractivity contribution in [1.29, 1.82) is 0 Å². The fourth-order valence-electron chi connectivity index (χ4n) is 2.36. The predicted octanol–water partition coefficient (Wildman–Crippen LogP) is 1.91. The van der Waals surface area contributed by atoms with Crippen molar-refractivity contribution in [2.45, 2.75) is 38.1 Å². The second kappa shape index (κ2) is 4.18. The zero-order chi connectivity index (χ0) is 11.0. The van der Waals surface area contributed by atoms with Crippen LogP contribution in [0, 0.1) is 6.92 Å². The Bertz CT molecular complexity index is 365. The molecule has 4 heteroatoms. The number of nitrogens with zero attached hydrogens (tertiary/aromatic N) is 1. The lowest BCUT2D eigenvalue weighted by Gasteiger charge is -2.23. The van der Waals surface area contributed by atoms with E-state index in [2.05, 4.69) is 10.3 Å². The van der Waals surface area contributed by atoms with E-state index in [9.17, 15) is 0 Å². The van der Waals surface area contributed by atoms with Gasteiger partial charge in [0.1, 0.15) is 11.8 Å². The van der Waals surface area contributed by atoms with Gasteiger partial charge in [0.25, 0.3) is 0 Å². The predicted molar refractivity (Wildman–Crippen MR) is 59.4 cm³/mol. The van der Waals surface area contributed by atoms with E-state index in [-0.39, 0.29) is 6.04 Å². The Balaban J connectivity index is 1.79. The van der Waals surface area contributed by atoms with E-state index in [1.807, 2.05) is 6.92 Å². The van der Waals surface area contributed by atoms with Gasteiger partial charge in [-0.3, -0.25) is 0 Å². The number of morpholine rings is 1. The van der Waals surface area contributed by atoms with Crippen LogP contribution in [0.4, 0.5) is 0 Å². The Kier molecular flexibility index (Phi) is 2.69. The molecule has 1 aliphatic heterocycles. The maximum absolute atomic E-state index is 5.76. The third-order valence-electron chi connectivity index (χ3n) is 3.56. The molecule has 1 aromatic rings. The smallest absolute Gasteiger partial charge is 0.214 e. The molecule has 1 unspecified atom stereocenters. The van der Waals surface area contributed by atoms with Crippen LogP contribution < -0.4 is 5.32 Å². The molecule has 1 aromatic heterocycles. The van der Waals surface area contributed by atoms with Crippen LogP contribution in [-0.2, 0) is 4.74 Å². The van der Waals surface area contributed by atoms with Gasteiger partial charge in [0.2, 0.25) is 5.89 Å². The lowest BCUT2D eigenvalue weighted by atomic mass is 9.82. The summed E-state index contributed by atoms with van der Waals surface area (Å²) in [5.41, 5.74) is 1.17. The molecule has 0 spiro atoms. The third kappa shape index (κ3) is 1.76. The van der Waals surface area contributed by atoms with E-state index in [1.165, 1.54) is 25.0 Å². The van der Waals surface area contributed by atoms with Crippen LogP contribution in [0.1, 0.15) is 48.6 Å². The van der Waals surface area contributed by atoms with Crippen LogP contribution in [0.25, 0.3) is 0 Å². The number of aromatic nitrogens is 1. The molecule has 1 saturated heterocycles. The fraction of sp³-hybridized carbons (Fsp3) is 0.750. The van der Waals surface area contributed by atoms with Crippen LogP contribution in [-0.4, -0.2) is 24.7 Å². The molecule has 0 bridgehead atoms. The Morgan fingerprint density at radius 3 is 2.88 bits per heavy atom. The van der Waals surface area contributed by atoms with Gasteiger partial charge in [-0.15, -0.1) is 0 Å². The molecule has 1 saturated carbocycles. The highest BCUT2D eigenvalue weighted by atomic mass is 16.5. The van der Waals surface area contributed by atoms with Gasteiger partial charge in [0.15, 0.2) is 0 Å². The molecule has 88 valence electrons. The monoisotopic (exact) mass is 222 g/mol. The average Bonchev–Trinajstić information content (AvgIpc) is 2.60. The molecule has 1 atom stereocenters. The minimum atomic E-state index is 0.140. The Morgan fingerprint density at radius 2 is 2.25 bits per heavy atom. The maximum atomic E-state index is 5.76. The highest BCUT2D eigenvalue weighted by Gasteiger charge is 2.28. The number of hydrogen-bond donors (Lipinski definition) is 1. The van der Waals surface area contributed by atoms with Crippen molar-refractivity contribution in [2.24, 2.45) is 0 Å². The molecule has 0 aromatic carbocycles. The van der Waals surface area contributed by atoms with E-state index in [0.717, 1.165) is 24.8 Å². The quantitative estimate of drug-likeness (QED) is 0.830. The normalized spacial score (nSPS) is 26.7. The standard InChI is InChI=1S/C12H18N2O2/c1-8-11(9-3-2-4-9)14-12(16-8)10-7-15-6-5-13-10/h9-10,13H,2-7H2,1H3. The van der Waals surface area contributed by atoms with Gasteiger partial charge < -0.3 is 14.5 Å². The molecule has 2 heterocycles. The topological polar surface area (TPSA) is 47.3 Å². The second-order valence-electron chi connectivity index (χ2n) is 4.70. The molecule has 0 amide bonds. The van der Waals surface area contributed by atoms with Crippen LogP contribution in [0.2, 0.25) is 0 Å². The minimum absolute atomic E-state index is 0.140. The van der Waals surface area contributed by atoms with Crippen molar-refractivity contribution in [3.63, 3.8) is 0 Å². The summed E-state index contributed by atoms with van der Waals surface area (Å²) in [6.07, 6.45) is 3.86. The lowest BCUT2D eigenvalue weighted by molar-refractivity contribution is 0.0678. The van der Waals surface area contributed by atoms with Crippen molar-refractivity contribution in [2.75, 3.05) is 19.8 Å². The highest BCUT2D eigenvalue weighted by Crippen LogP contribution is 2.38. The van der Waals surface area contributed by atoms with Gasteiger partial charge in [0.05, 0.1) is 18.9 Å². The summed E-state index contributed by atoms with van der Waals surface area (Å²) in [7, 11) is 0. The van der Waals surface area contributed by atoms with Crippen molar-refractivity contribution in [3.05, 3.63) is 17.3 Å². The van der Waals surface area contributed by atoms with Gasteiger partial charge in [-0.25, -0.2) is 4.98 Å². The van der Waals surface area contributed by atoms with Crippen LogP contribution in [0.15, 0.2) is 4.42 Å². The number of nitrogens with one attached hydrogen (secondary N) is 1. The van der Waals surface area contributed by atoms with Gasteiger partial charge in [-0.1, -0.05) is 6.42 Å². The molecule has 2 fully saturated rings. The molecule has 2 aliphatic rings. The van der Waals surface area contributed by atoms with E-state index in [0.29, 0.717) is 12.5 Å². The Hall–Kier alpha value is -0.870. The summed E-state index contributed by atoms with van der Waals surface area (Å²) in [5.74, 6) is 2.44. The zero-order valence-electron chi connectivity index (χ0n) is 9.66. The van der Waals surface area contributed by atoms with Crippen LogP contribution in [0.3, 0.4) is 0 Å².